The first-order valence-electron chi connectivity index (χ1n) is 4.88. The van der Waals surface area contributed by atoms with Crippen LogP contribution in [-0.2, 0) is 4.79 Å². The van der Waals surface area contributed by atoms with Gasteiger partial charge in [-0.15, -0.1) is 12.4 Å². The molecule has 1 fully saturated rings. The van der Waals surface area contributed by atoms with Gasteiger partial charge >= 0.3 is 0 Å². The zero-order valence-electron chi connectivity index (χ0n) is 8.96. The van der Waals surface area contributed by atoms with Crippen molar-refractivity contribution < 1.29 is 4.79 Å². The summed E-state index contributed by atoms with van der Waals surface area (Å²) in [5.74, 6) is -0.00229. The average Bonchev–Trinajstić information content (AvgIpc) is 2.07. The van der Waals surface area contributed by atoms with Crippen LogP contribution in [0.25, 0.3) is 0 Å². The third-order valence-electron chi connectivity index (χ3n) is 3.18. The molecule has 0 saturated carbocycles. The second-order valence-electron chi connectivity index (χ2n) is 5.03. The molecule has 0 amide bonds. The second kappa shape index (κ2) is 3.62. The molecule has 1 N–H and O–H groups in total. The number of hydrogen-bond acceptors (Lipinski definition) is 3. The Morgan fingerprint density at radius 2 is 2.07 bits per heavy atom. The number of Topliss-reactive ketones (excluding diaryl/α,β-unsaturated/α-hetero) is 1. The lowest BCUT2D eigenvalue weighted by atomic mass is 9.62. The van der Waals surface area contributed by atoms with E-state index in [4.69, 9.17) is 5.26 Å². The van der Waals surface area contributed by atoms with Gasteiger partial charge in [0.2, 0.25) is 0 Å². The van der Waals surface area contributed by atoms with Gasteiger partial charge in [-0.25, -0.2) is 0 Å². The van der Waals surface area contributed by atoms with Crippen LogP contribution in [-0.4, -0.2) is 18.9 Å². The van der Waals surface area contributed by atoms with E-state index < -0.39 is 0 Å². The van der Waals surface area contributed by atoms with Crippen molar-refractivity contribution in [3.05, 3.63) is 11.6 Å². The van der Waals surface area contributed by atoms with Crippen molar-refractivity contribution >= 4 is 18.2 Å². The fourth-order valence-corrected chi connectivity index (χ4v) is 2.50. The molecular weight excluding hydrogens is 212 g/mol. The molecule has 0 aromatic carbocycles. The molecule has 4 heteroatoms. The summed E-state index contributed by atoms with van der Waals surface area (Å²) in [6.07, 6.45) is 2.73. The third-order valence-corrected chi connectivity index (χ3v) is 3.18. The maximum atomic E-state index is 11.8. The van der Waals surface area contributed by atoms with Crippen molar-refractivity contribution in [2.24, 2.45) is 10.8 Å². The molecule has 1 aliphatic carbocycles. The first-order chi connectivity index (χ1) is 6.49. The number of hydrogen-bond donors (Lipinski definition) is 1. The Morgan fingerprint density at radius 1 is 1.47 bits per heavy atom. The van der Waals surface area contributed by atoms with E-state index in [0.29, 0.717) is 5.57 Å². The van der Waals surface area contributed by atoms with Crippen molar-refractivity contribution in [2.75, 3.05) is 13.1 Å². The summed E-state index contributed by atoms with van der Waals surface area (Å²) in [6, 6.07) is 2.02. The fourth-order valence-electron chi connectivity index (χ4n) is 2.50. The topological polar surface area (TPSA) is 52.9 Å². The predicted octanol–water partition coefficient (Wildman–Crippen LogP) is 1.45. The van der Waals surface area contributed by atoms with Gasteiger partial charge in [0.15, 0.2) is 5.78 Å². The predicted molar refractivity (Wildman–Crippen MR) is 59.7 cm³/mol. The van der Waals surface area contributed by atoms with Gasteiger partial charge < -0.3 is 5.32 Å². The van der Waals surface area contributed by atoms with E-state index in [-0.39, 0.29) is 29.0 Å². The minimum atomic E-state index is -0.373. The van der Waals surface area contributed by atoms with Crippen LogP contribution in [0.3, 0.4) is 0 Å². The number of allylic oxidation sites excluding steroid dienone is 1. The molecule has 0 aromatic heterocycles. The maximum Gasteiger partial charge on any atom is 0.178 e. The number of carbonyl (C=O) groups is 1. The van der Waals surface area contributed by atoms with Gasteiger partial charge in [0.25, 0.3) is 0 Å². The number of carbonyl (C=O) groups excluding carboxylic acids is 1. The number of ketones is 1. The van der Waals surface area contributed by atoms with Crippen LogP contribution in [0.4, 0.5) is 0 Å². The molecule has 0 atom stereocenters. The van der Waals surface area contributed by atoms with E-state index in [0.717, 1.165) is 19.5 Å². The Balaban J connectivity index is 0.00000112. The molecule has 1 aliphatic heterocycles. The molecule has 2 aliphatic rings. The normalized spacial score (nSPS) is 25.9. The van der Waals surface area contributed by atoms with E-state index in [1.165, 1.54) is 0 Å². The monoisotopic (exact) mass is 226 g/mol. The van der Waals surface area contributed by atoms with E-state index in [2.05, 4.69) is 5.32 Å². The minimum absolute atomic E-state index is 0. The van der Waals surface area contributed by atoms with Crippen LogP contribution in [0.2, 0.25) is 0 Å². The highest BCUT2D eigenvalue weighted by Crippen LogP contribution is 2.44. The Morgan fingerprint density at radius 3 is 2.47 bits per heavy atom. The van der Waals surface area contributed by atoms with Crippen molar-refractivity contribution in [1.82, 2.24) is 5.32 Å². The molecule has 15 heavy (non-hydrogen) atoms. The zero-order valence-corrected chi connectivity index (χ0v) is 9.78. The largest absolute Gasteiger partial charge is 0.315 e. The Hall–Kier alpha value is -0.850. The lowest BCUT2D eigenvalue weighted by Crippen LogP contribution is -2.57. The molecule has 1 saturated heterocycles. The average molecular weight is 227 g/mol. The van der Waals surface area contributed by atoms with Gasteiger partial charge in [0.05, 0.1) is 5.57 Å². The molecule has 1 spiro atoms. The lowest BCUT2D eigenvalue weighted by Gasteiger charge is -2.47. The van der Waals surface area contributed by atoms with Crippen LogP contribution >= 0.6 is 12.4 Å². The first-order valence-corrected chi connectivity index (χ1v) is 4.88. The van der Waals surface area contributed by atoms with Gasteiger partial charge in [-0.05, 0) is 6.42 Å². The van der Waals surface area contributed by atoms with Gasteiger partial charge in [-0.3, -0.25) is 4.79 Å². The van der Waals surface area contributed by atoms with Gasteiger partial charge in [0.1, 0.15) is 6.07 Å². The summed E-state index contributed by atoms with van der Waals surface area (Å²) in [5, 5.41) is 12.1. The van der Waals surface area contributed by atoms with Gasteiger partial charge in [-0.2, -0.15) is 5.26 Å². The van der Waals surface area contributed by atoms with Crippen LogP contribution in [0, 0.1) is 22.2 Å². The summed E-state index contributed by atoms with van der Waals surface area (Å²) in [6.45, 7) is 5.66. The summed E-state index contributed by atoms with van der Waals surface area (Å²) in [4.78, 5) is 11.8. The first kappa shape index (κ1) is 12.2. The number of nitrogens with one attached hydrogen (secondary N) is 1. The number of nitrogens with zero attached hydrogens (tertiary/aromatic N) is 1. The molecule has 1 heterocycles. The van der Waals surface area contributed by atoms with Gasteiger partial charge in [-0.1, -0.05) is 19.9 Å². The summed E-state index contributed by atoms with van der Waals surface area (Å²) < 4.78 is 0. The Kier molecular flexibility index (Phi) is 2.95. The highest BCUT2D eigenvalue weighted by Gasteiger charge is 2.47. The smallest absolute Gasteiger partial charge is 0.178 e. The van der Waals surface area contributed by atoms with E-state index in [9.17, 15) is 4.79 Å². The lowest BCUT2D eigenvalue weighted by molar-refractivity contribution is -0.125. The maximum absolute atomic E-state index is 11.8. The van der Waals surface area contributed by atoms with Crippen molar-refractivity contribution in [3.8, 4) is 6.07 Å². The molecule has 0 unspecified atom stereocenters. The quantitative estimate of drug-likeness (QED) is 0.680. The van der Waals surface area contributed by atoms with Crippen molar-refractivity contribution in [3.63, 3.8) is 0 Å². The summed E-state index contributed by atoms with van der Waals surface area (Å²) in [5.41, 5.74) is 0.0486. The zero-order chi connectivity index (χ0) is 10.4. The number of halogens is 1. The number of nitriles is 1. The van der Waals surface area contributed by atoms with Crippen molar-refractivity contribution in [1.29, 1.82) is 5.26 Å². The summed E-state index contributed by atoms with van der Waals surface area (Å²) >= 11 is 0. The van der Waals surface area contributed by atoms with E-state index in [1.54, 1.807) is 0 Å². The Labute approximate surface area is 95.9 Å². The number of rotatable bonds is 0. The highest BCUT2D eigenvalue weighted by molar-refractivity contribution is 6.03. The molecule has 0 radical (unpaired) electrons. The molecule has 82 valence electrons. The fraction of sp³-hybridized carbons (Fsp3) is 0.636. The molecular formula is C11H15ClN2O. The Bertz CT molecular complexity index is 361. The van der Waals surface area contributed by atoms with Crippen LogP contribution < -0.4 is 5.32 Å². The third kappa shape index (κ3) is 1.80. The van der Waals surface area contributed by atoms with Crippen LogP contribution in [0.5, 0.6) is 0 Å². The van der Waals surface area contributed by atoms with Crippen molar-refractivity contribution in [2.45, 2.75) is 20.3 Å². The molecule has 0 bridgehead atoms. The molecule has 2 rings (SSSR count). The van der Waals surface area contributed by atoms with Crippen LogP contribution in [0.15, 0.2) is 11.6 Å². The second-order valence-corrected chi connectivity index (χ2v) is 5.03. The van der Waals surface area contributed by atoms with Gasteiger partial charge in [0, 0.05) is 23.9 Å². The molecule has 3 nitrogen and oxygen atoms in total. The minimum Gasteiger partial charge on any atom is -0.315 e. The van der Waals surface area contributed by atoms with Crippen LogP contribution in [0.1, 0.15) is 20.3 Å². The standard InChI is InChI=1S/C11H14N2O.ClH/c1-10(2)5-11(6-13-7-11)3-8(4-12)9(10)14;/h3,13H,5-7H2,1-2H3;1H. The summed E-state index contributed by atoms with van der Waals surface area (Å²) in [7, 11) is 0. The van der Waals surface area contributed by atoms with E-state index in [1.807, 2.05) is 26.0 Å². The van der Waals surface area contributed by atoms with E-state index >= 15 is 0 Å². The SMILES string of the molecule is CC1(C)CC2(C=C(C#N)C1=O)CNC2.Cl. The highest BCUT2D eigenvalue weighted by atomic mass is 35.5. The molecule has 0 aromatic rings.